The molecule has 0 fully saturated rings. The van der Waals surface area contributed by atoms with Gasteiger partial charge in [-0.05, 0) is 20.8 Å². The average molecular weight is 339 g/mol. The quantitative estimate of drug-likeness (QED) is 0.818. The van der Waals surface area contributed by atoms with E-state index in [-0.39, 0.29) is 16.3 Å². The number of aromatic nitrogens is 2. The molecule has 0 aliphatic heterocycles. The average Bonchev–Trinajstić information content (AvgIpc) is 2.64. The fraction of sp³-hybridized carbons (Fsp3) is 0.769. The summed E-state index contributed by atoms with van der Waals surface area (Å²) in [6.45, 7) is 7.57. The second-order valence-electron chi connectivity index (χ2n) is 5.40. The Labute approximate surface area is 129 Å². The summed E-state index contributed by atoms with van der Waals surface area (Å²) in [5.41, 5.74) is -1.81. The molecule has 0 saturated heterocycles. The lowest BCUT2D eigenvalue weighted by Crippen LogP contribution is -2.39. The molecule has 6 nitrogen and oxygen atoms in total. The number of rotatable bonds is 7. The van der Waals surface area contributed by atoms with Crippen LogP contribution < -0.4 is 0 Å². The summed E-state index contributed by atoms with van der Waals surface area (Å²) in [5, 5.41) is 13.7. The third-order valence-corrected chi connectivity index (χ3v) is 5.86. The second-order valence-corrected chi connectivity index (χ2v) is 7.28. The van der Waals surface area contributed by atoms with Crippen LogP contribution >= 0.6 is 0 Å². The summed E-state index contributed by atoms with van der Waals surface area (Å²) in [6, 6.07) is 0. The van der Waals surface area contributed by atoms with Crippen LogP contribution in [-0.2, 0) is 16.6 Å². The van der Waals surface area contributed by atoms with E-state index in [9.17, 15) is 22.3 Å². The Morgan fingerprint density at radius 2 is 1.82 bits per heavy atom. The normalized spacial score (nSPS) is 15.5. The lowest BCUT2D eigenvalue weighted by molar-refractivity contribution is -0.0947. The van der Waals surface area contributed by atoms with E-state index in [0.29, 0.717) is 13.1 Å². The Kier molecular flexibility index (Phi) is 5.69. The minimum Gasteiger partial charge on any atom is -0.382 e. The number of alkyl halides is 2. The van der Waals surface area contributed by atoms with E-state index in [1.165, 1.54) is 18.2 Å². The summed E-state index contributed by atoms with van der Waals surface area (Å²) in [5.74, 6) is 0. The highest BCUT2D eigenvalue weighted by Crippen LogP contribution is 2.25. The van der Waals surface area contributed by atoms with Crippen LogP contribution in [0.4, 0.5) is 8.78 Å². The number of aryl methyl sites for hydroxylation is 1. The Balaban J connectivity index is 3.33. The molecule has 1 N–H and O–H groups in total. The molecule has 1 aromatic heterocycles. The summed E-state index contributed by atoms with van der Waals surface area (Å²) in [7, 11) is -3.74. The van der Waals surface area contributed by atoms with Gasteiger partial charge in [0.05, 0.1) is 17.9 Å². The molecule has 9 heteroatoms. The van der Waals surface area contributed by atoms with E-state index in [0.717, 1.165) is 11.6 Å². The number of hydrogen-bond acceptors (Lipinski definition) is 4. The van der Waals surface area contributed by atoms with E-state index in [1.807, 2.05) is 0 Å². The summed E-state index contributed by atoms with van der Waals surface area (Å²) in [4.78, 5) is 0.0151. The van der Waals surface area contributed by atoms with Gasteiger partial charge in [0.25, 0.3) is 6.43 Å². The number of aliphatic hydroxyl groups is 1. The Bertz CT molecular complexity index is 623. The Hall–Kier alpha value is -1.06. The highest BCUT2D eigenvalue weighted by atomic mass is 32.2. The number of hydrogen-bond donors (Lipinski definition) is 1. The van der Waals surface area contributed by atoms with E-state index in [4.69, 9.17) is 0 Å². The molecule has 1 unspecified atom stereocenters. The minimum absolute atomic E-state index is 0.0151. The van der Waals surface area contributed by atoms with Crippen molar-refractivity contribution in [1.82, 2.24) is 14.1 Å². The zero-order chi connectivity index (χ0) is 17.3. The molecule has 128 valence electrons. The first-order valence-electron chi connectivity index (χ1n) is 7.03. The van der Waals surface area contributed by atoms with Crippen LogP contribution in [0.2, 0.25) is 0 Å². The maximum atomic E-state index is 12.8. The molecule has 0 bridgehead atoms. The Morgan fingerprint density at radius 3 is 2.23 bits per heavy atom. The molecule has 22 heavy (non-hydrogen) atoms. The van der Waals surface area contributed by atoms with Crippen molar-refractivity contribution < 1.29 is 22.3 Å². The summed E-state index contributed by atoms with van der Waals surface area (Å²) >= 11 is 0. The molecule has 1 heterocycles. The van der Waals surface area contributed by atoms with E-state index in [1.54, 1.807) is 13.8 Å². The van der Waals surface area contributed by atoms with Crippen molar-refractivity contribution in [3.05, 3.63) is 11.4 Å². The fourth-order valence-electron chi connectivity index (χ4n) is 2.27. The van der Waals surface area contributed by atoms with Crippen LogP contribution in [0.25, 0.3) is 0 Å². The molecule has 0 radical (unpaired) electrons. The molecule has 0 saturated carbocycles. The molecule has 1 aromatic rings. The van der Waals surface area contributed by atoms with Gasteiger partial charge >= 0.3 is 0 Å². The number of nitrogens with zero attached hydrogens (tertiary/aromatic N) is 3. The number of sulfonamides is 1. The molecular weight excluding hydrogens is 316 g/mol. The van der Waals surface area contributed by atoms with Crippen molar-refractivity contribution in [2.24, 2.45) is 0 Å². The smallest absolute Gasteiger partial charge is 0.268 e. The molecule has 0 aliphatic rings. The van der Waals surface area contributed by atoms with E-state index < -0.39 is 28.6 Å². The third-order valence-electron chi connectivity index (χ3n) is 3.56. The topological polar surface area (TPSA) is 75.4 Å². The molecule has 0 aliphatic carbocycles. The Morgan fingerprint density at radius 1 is 1.32 bits per heavy atom. The zero-order valence-electron chi connectivity index (χ0n) is 13.5. The van der Waals surface area contributed by atoms with Crippen LogP contribution in [0.15, 0.2) is 4.90 Å². The number of halogens is 2. The van der Waals surface area contributed by atoms with Gasteiger partial charge in [0.1, 0.15) is 10.5 Å². The van der Waals surface area contributed by atoms with Gasteiger partial charge in [0, 0.05) is 13.1 Å². The van der Waals surface area contributed by atoms with Crippen LogP contribution in [0, 0.1) is 13.8 Å². The predicted molar refractivity (Wildman–Crippen MR) is 78.4 cm³/mol. The first-order chi connectivity index (χ1) is 9.98. The standard InChI is InChI=1S/C13H23F2N3O3S/c1-6-17(7-2)22(20,21)11-9(3)16-18(10(11)4)8-13(5,19)12(14)15/h12,19H,6-8H2,1-5H3. The van der Waals surface area contributed by atoms with Gasteiger partial charge in [-0.2, -0.15) is 9.40 Å². The molecule has 0 spiro atoms. The molecule has 0 aromatic carbocycles. The van der Waals surface area contributed by atoms with Crippen molar-refractivity contribution in [2.45, 2.75) is 58.1 Å². The SMILES string of the molecule is CCN(CC)S(=O)(=O)c1c(C)nn(CC(C)(O)C(F)F)c1C. The van der Waals surface area contributed by atoms with Gasteiger partial charge in [0.15, 0.2) is 0 Å². The lowest BCUT2D eigenvalue weighted by atomic mass is 10.1. The van der Waals surface area contributed by atoms with Gasteiger partial charge in [-0.3, -0.25) is 4.68 Å². The molecule has 0 amide bonds. The van der Waals surface area contributed by atoms with Gasteiger partial charge in [0.2, 0.25) is 10.0 Å². The van der Waals surface area contributed by atoms with E-state index in [2.05, 4.69) is 5.10 Å². The highest BCUT2D eigenvalue weighted by molar-refractivity contribution is 7.89. The van der Waals surface area contributed by atoms with Crippen LogP contribution in [0.3, 0.4) is 0 Å². The second kappa shape index (κ2) is 6.59. The fourth-order valence-corrected chi connectivity index (χ4v) is 4.10. The van der Waals surface area contributed by atoms with Crippen molar-refractivity contribution in [3.63, 3.8) is 0 Å². The van der Waals surface area contributed by atoms with Gasteiger partial charge in [-0.1, -0.05) is 13.8 Å². The van der Waals surface area contributed by atoms with Gasteiger partial charge < -0.3 is 5.11 Å². The first-order valence-corrected chi connectivity index (χ1v) is 8.47. The predicted octanol–water partition coefficient (Wildman–Crippen LogP) is 1.55. The van der Waals surface area contributed by atoms with Crippen LogP contribution in [0.1, 0.15) is 32.2 Å². The maximum Gasteiger partial charge on any atom is 0.268 e. The van der Waals surface area contributed by atoms with Gasteiger partial charge in [-0.15, -0.1) is 0 Å². The highest BCUT2D eigenvalue weighted by Gasteiger charge is 2.36. The molecular formula is C13H23F2N3O3S. The summed E-state index contributed by atoms with van der Waals surface area (Å²) < 4.78 is 53.2. The van der Waals surface area contributed by atoms with Crippen molar-refractivity contribution in [3.8, 4) is 0 Å². The monoisotopic (exact) mass is 339 g/mol. The first kappa shape index (κ1) is 19.0. The largest absolute Gasteiger partial charge is 0.382 e. The molecule has 1 atom stereocenters. The van der Waals surface area contributed by atoms with Crippen molar-refractivity contribution >= 4 is 10.0 Å². The third kappa shape index (κ3) is 3.47. The lowest BCUT2D eigenvalue weighted by Gasteiger charge is -2.23. The van der Waals surface area contributed by atoms with E-state index >= 15 is 0 Å². The van der Waals surface area contributed by atoms with Crippen LogP contribution in [0.5, 0.6) is 0 Å². The van der Waals surface area contributed by atoms with Crippen molar-refractivity contribution in [1.29, 1.82) is 0 Å². The zero-order valence-corrected chi connectivity index (χ0v) is 14.3. The molecule has 1 rings (SSSR count). The van der Waals surface area contributed by atoms with Crippen LogP contribution in [-0.4, -0.2) is 52.7 Å². The van der Waals surface area contributed by atoms with Crippen molar-refractivity contribution in [2.75, 3.05) is 13.1 Å². The van der Waals surface area contributed by atoms with Gasteiger partial charge in [-0.25, -0.2) is 17.2 Å². The maximum absolute atomic E-state index is 12.8. The minimum atomic E-state index is -3.74. The summed E-state index contributed by atoms with van der Waals surface area (Å²) in [6.07, 6.45) is -2.96.